The smallest absolute Gasteiger partial charge is 0.258 e. The van der Waals surface area contributed by atoms with Crippen molar-refractivity contribution in [2.24, 2.45) is 12.0 Å². The highest BCUT2D eigenvalue weighted by molar-refractivity contribution is 6.03. The van der Waals surface area contributed by atoms with Crippen LogP contribution in [-0.2, 0) is 13.6 Å². The third kappa shape index (κ3) is 4.65. The first kappa shape index (κ1) is 22.1. The lowest BCUT2D eigenvalue weighted by Gasteiger charge is -2.38. The van der Waals surface area contributed by atoms with Gasteiger partial charge in [0, 0.05) is 45.0 Å². The molecule has 9 nitrogen and oxygen atoms in total. The second-order valence-electron chi connectivity index (χ2n) is 8.81. The number of fused-ring (bicyclic) bond motifs is 1. The van der Waals surface area contributed by atoms with Gasteiger partial charge in [-0.25, -0.2) is 4.98 Å². The van der Waals surface area contributed by atoms with Crippen LogP contribution in [0.2, 0.25) is 0 Å². The summed E-state index contributed by atoms with van der Waals surface area (Å²) in [5.74, 6) is 1.21. The summed E-state index contributed by atoms with van der Waals surface area (Å²) >= 11 is 0. The van der Waals surface area contributed by atoms with E-state index in [9.17, 15) is 4.79 Å². The molecule has 0 spiro atoms. The van der Waals surface area contributed by atoms with E-state index in [1.165, 1.54) is 19.4 Å². The molecule has 4 heterocycles. The zero-order chi connectivity index (χ0) is 23.5. The second kappa shape index (κ2) is 9.64. The van der Waals surface area contributed by atoms with Gasteiger partial charge in [-0.15, -0.1) is 0 Å². The highest BCUT2D eigenvalue weighted by atomic mass is 16.1. The molecular formula is C25H30N8O. The molecule has 1 amide bonds. The summed E-state index contributed by atoms with van der Waals surface area (Å²) in [6.07, 6.45) is 4.20. The van der Waals surface area contributed by atoms with Crippen molar-refractivity contribution in [1.29, 1.82) is 0 Å². The van der Waals surface area contributed by atoms with Gasteiger partial charge in [-0.05, 0) is 50.4 Å². The Labute approximate surface area is 199 Å². The fourth-order valence-corrected chi connectivity index (χ4v) is 4.77. The first-order valence-electron chi connectivity index (χ1n) is 11.7. The lowest BCUT2D eigenvalue weighted by molar-refractivity contribution is 0.102. The Balaban J connectivity index is 1.19. The average Bonchev–Trinajstić information content (AvgIpc) is 3.48. The van der Waals surface area contributed by atoms with Crippen LogP contribution in [0, 0.1) is 0 Å². The number of aliphatic imine (C=N–C) groups is 1. The van der Waals surface area contributed by atoms with Gasteiger partial charge in [0.05, 0.1) is 29.2 Å². The fraction of sp³-hybridized carbons (Fsp3) is 0.360. The predicted octanol–water partition coefficient (Wildman–Crippen LogP) is 3.30. The zero-order valence-electron chi connectivity index (χ0n) is 19.4. The molecule has 2 fully saturated rings. The maximum absolute atomic E-state index is 12.8. The number of aromatic nitrogens is 3. The molecule has 2 aromatic heterocycles. The summed E-state index contributed by atoms with van der Waals surface area (Å²) in [4.78, 5) is 26.3. The van der Waals surface area contributed by atoms with Gasteiger partial charge in [0.1, 0.15) is 5.82 Å². The average molecular weight is 459 g/mol. The van der Waals surface area contributed by atoms with E-state index in [-0.39, 0.29) is 5.91 Å². The number of para-hydroxylation sites is 2. The minimum absolute atomic E-state index is 0.224. The number of hydrogen-bond donors (Lipinski definition) is 2. The number of nitrogens with zero attached hydrogens (tertiary/aromatic N) is 6. The number of nitrogens with one attached hydrogen (secondary N) is 2. The number of carbonyl (C=O) groups is 1. The van der Waals surface area contributed by atoms with E-state index >= 15 is 0 Å². The number of rotatable bonds is 7. The summed E-state index contributed by atoms with van der Waals surface area (Å²) < 4.78 is 1.75. The van der Waals surface area contributed by atoms with Crippen LogP contribution in [0.15, 0.2) is 53.7 Å². The molecule has 5 rings (SSSR count). The van der Waals surface area contributed by atoms with Crippen LogP contribution in [0.1, 0.15) is 28.9 Å². The lowest BCUT2D eigenvalue weighted by Crippen LogP contribution is -2.50. The number of pyridine rings is 1. The van der Waals surface area contributed by atoms with Gasteiger partial charge in [0.2, 0.25) is 0 Å². The summed E-state index contributed by atoms with van der Waals surface area (Å²) in [6, 6.07) is 14.0. The molecule has 1 atom stereocenters. The van der Waals surface area contributed by atoms with Crippen molar-refractivity contribution in [2.45, 2.75) is 25.4 Å². The largest absolute Gasteiger partial charge is 0.378 e. The van der Waals surface area contributed by atoms with Crippen molar-refractivity contribution in [3.63, 3.8) is 0 Å². The molecule has 0 saturated carbocycles. The number of aryl methyl sites for hydroxylation is 1. The number of amides is 1. The molecule has 1 aromatic carbocycles. The van der Waals surface area contributed by atoms with Gasteiger partial charge in [-0.1, -0.05) is 12.1 Å². The Bertz CT molecular complexity index is 1170. The Morgan fingerprint density at radius 3 is 2.91 bits per heavy atom. The van der Waals surface area contributed by atoms with Gasteiger partial charge in [-0.3, -0.25) is 19.4 Å². The number of anilines is 3. The van der Waals surface area contributed by atoms with E-state index in [4.69, 9.17) is 0 Å². The van der Waals surface area contributed by atoms with Gasteiger partial charge in [0.25, 0.3) is 5.91 Å². The van der Waals surface area contributed by atoms with Gasteiger partial charge < -0.3 is 15.5 Å². The minimum atomic E-state index is -0.224. The second-order valence-corrected chi connectivity index (χ2v) is 8.81. The maximum Gasteiger partial charge on any atom is 0.258 e. The Morgan fingerprint density at radius 1 is 1.21 bits per heavy atom. The number of carbonyl (C=O) groups excluding carboxylic acids is 1. The summed E-state index contributed by atoms with van der Waals surface area (Å²) in [7, 11) is 1.85. The predicted molar refractivity (Wildman–Crippen MR) is 135 cm³/mol. The molecule has 9 heteroatoms. The molecule has 1 unspecified atom stereocenters. The summed E-state index contributed by atoms with van der Waals surface area (Å²) in [5, 5.41) is 10.7. The van der Waals surface area contributed by atoms with E-state index in [0.29, 0.717) is 24.0 Å². The molecule has 0 bridgehead atoms. The van der Waals surface area contributed by atoms with Gasteiger partial charge in [-0.2, -0.15) is 5.10 Å². The van der Waals surface area contributed by atoms with E-state index in [1.807, 2.05) is 49.5 Å². The molecule has 3 aromatic rings. The molecule has 2 aliphatic heterocycles. The molecule has 2 aliphatic rings. The first-order valence-corrected chi connectivity index (χ1v) is 11.7. The van der Waals surface area contributed by atoms with Crippen molar-refractivity contribution in [3.05, 3.63) is 59.9 Å². The highest BCUT2D eigenvalue weighted by Crippen LogP contribution is 2.25. The zero-order valence-corrected chi connectivity index (χ0v) is 19.4. The van der Waals surface area contributed by atoms with Crippen LogP contribution in [0.5, 0.6) is 0 Å². The van der Waals surface area contributed by atoms with E-state index in [2.05, 4.69) is 42.2 Å². The number of benzene rings is 1. The van der Waals surface area contributed by atoms with Crippen molar-refractivity contribution in [1.82, 2.24) is 19.7 Å². The van der Waals surface area contributed by atoms with Crippen LogP contribution < -0.4 is 15.5 Å². The minimum Gasteiger partial charge on any atom is -0.378 e. The highest BCUT2D eigenvalue weighted by Gasteiger charge is 2.31. The topological polar surface area (TPSA) is 90.7 Å². The van der Waals surface area contributed by atoms with Crippen molar-refractivity contribution in [3.8, 4) is 0 Å². The van der Waals surface area contributed by atoms with Crippen molar-refractivity contribution >= 4 is 35.6 Å². The summed E-state index contributed by atoms with van der Waals surface area (Å²) in [6.45, 7) is 8.44. The Kier molecular flexibility index (Phi) is 6.27. The third-order valence-corrected chi connectivity index (χ3v) is 6.67. The molecule has 34 heavy (non-hydrogen) atoms. The van der Waals surface area contributed by atoms with E-state index in [0.717, 1.165) is 42.5 Å². The van der Waals surface area contributed by atoms with Crippen LogP contribution in [0.25, 0.3) is 0 Å². The van der Waals surface area contributed by atoms with E-state index < -0.39 is 0 Å². The van der Waals surface area contributed by atoms with Crippen LogP contribution in [0.3, 0.4) is 0 Å². The third-order valence-electron chi connectivity index (χ3n) is 6.67. The molecule has 2 N–H and O–H groups in total. The molecular weight excluding hydrogens is 428 g/mol. The molecule has 0 radical (unpaired) electrons. The van der Waals surface area contributed by atoms with Crippen LogP contribution >= 0.6 is 0 Å². The monoisotopic (exact) mass is 458 g/mol. The first-order chi connectivity index (χ1) is 16.6. The summed E-state index contributed by atoms with van der Waals surface area (Å²) in [5.41, 5.74) is 3.12. The maximum atomic E-state index is 12.8. The van der Waals surface area contributed by atoms with Crippen molar-refractivity contribution < 1.29 is 4.79 Å². The Hall–Kier alpha value is -3.72. The number of hydrogen-bond acceptors (Lipinski definition) is 7. The van der Waals surface area contributed by atoms with E-state index in [1.54, 1.807) is 10.9 Å². The fourth-order valence-electron chi connectivity index (χ4n) is 4.77. The normalized spacial score (nSPS) is 17.9. The standard InChI is InChI=1S/C25H30N8O/c1-26-21-7-3-4-8-22(21)27-16-20-14-23(30-31(20)2)29-25(34)18-9-10-24(28-15-18)33-13-12-32-11-5-6-19(32)17-33/h3-4,7-10,14-15,19,27H,1,5-6,11-13,16-17H2,2H3,(H,29,30,34). The van der Waals surface area contributed by atoms with Crippen LogP contribution in [0.4, 0.5) is 23.0 Å². The van der Waals surface area contributed by atoms with Crippen LogP contribution in [-0.4, -0.2) is 64.5 Å². The lowest BCUT2D eigenvalue weighted by atomic mass is 10.1. The van der Waals surface area contributed by atoms with Gasteiger partial charge >= 0.3 is 0 Å². The molecule has 2 saturated heterocycles. The molecule has 0 aliphatic carbocycles. The number of piperazine rings is 1. The Morgan fingerprint density at radius 2 is 2.09 bits per heavy atom. The molecule has 176 valence electrons. The quantitative estimate of drug-likeness (QED) is 0.528. The SMILES string of the molecule is C=Nc1ccccc1NCc1cc(NC(=O)c2ccc(N3CCN4CCCC4C3)nc2)nn1C. The van der Waals surface area contributed by atoms with Gasteiger partial charge in [0.15, 0.2) is 5.82 Å². The van der Waals surface area contributed by atoms with Crippen molar-refractivity contribution in [2.75, 3.05) is 41.7 Å².